The molecule has 0 aliphatic heterocycles. The predicted octanol–water partition coefficient (Wildman–Crippen LogP) is 5.77. The Hall–Kier alpha value is -0.930. The number of halogens is 4. The Kier molecular flexibility index (Phi) is 4.32. The number of nitrogens with zero attached hydrogens (tertiary/aromatic N) is 2. The first kappa shape index (κ1) is 15.0. The van der Waals surface area contributed by atoms with Crippen molar-refractivity contribution < 1.29 is 0 Å². The molecule has 0 saturated heterocycles. The maximum atomic E-state index is 6.33. The number of alkyl halides is 1. The van der Waals surface area contributed by atoms with Crippen LogP contribution in [0.5, 0.6) is 0 Å². The van der Waals surface area contributed by atoms with E-state index in [1.54, 1.807) is 12.1 Å². The number of aromatic nitrogens is 2. The van der Waals surface area contributed by atoms with E-state index in [0.717, 1.165) is 16.9 Å². The molecule has 0 saturated carbocycles. The van der Waals surface area contributed by atoms with Crippen LogP contribution in [0, 0.1) is 0 Å². The van der Waals surface area contributed by atoms with Gasteiger partial charge in [-0.3, -0.25) is 4.57 Å². The highest BCUT2D eigenvalue weighted by atomic mass is 35.5. The first-order valence-corrected chi connectivity index (χ1v) is 7.96. The maximum absolute atomic E-state index is 6.33. The number of hydrogen-bond acceptors (Lipinski definition) is 1. The van der Waals surface area contributed by atoms with Crippen LogP contribution in [-0.2, 0) is 6.42 Å². The van der Waals surface area contributed by atoms with E-state index in [2.05, 4.69) is 4.98 Å². The summed E-state index contributed by atoms with van der Waals surface area (Å²) in [6, 6.07) is 10.9. The molecule has 0 fully saturated rings. The number of rotatable bonds is 3. The molecular weight excluding hydrogens is 350 g/mol. The normalized spacial score (nSPS) is 11.2. The zero-order valence-electron chi connectivity index (χ0n) is 10.8. The topological polar surface area (TPSA) is 17.8 Å². The molecule has 0 spiro atoms. The molecule has 1 aromatic heterocycles. The summed E-state index contributed by atoms with van der Waals surface area (Å²) >= 11 is 24.6. The first-order valence-electron chi connectivity index (χ1n) is 6.29. The van der Waals surface area contributed by atoms with Crippen molar-refractivity contribution in [1.82, 2.24) is 9.55 Å². The lowest BCUT2D eigenvalue weighted by molar-refractivity contribution is 0.912. The molecule has 0 amide bonds. The summed E-state index contributed by atoms with van der Waals surface area (Å²) in [7, 11) is 0. The van der Waals surface area contributed by atoms with Crippen LogP contribution in [-0.4, -0.2) is 15.4 Å². The van der Waals surface area contributed by atoms with Crippen molar-refractivity contribution in [3.05, 3.63) is 57.3 Å². The summed E-state index contributed by atoms with van der Waals surface area (Å²) in [4.78, 5) is 4.60. The van der Waals surface area contributed by atoms with Gasteiger partial charge in [0.15, 0.2) is 0 Å². The molecule has 3 aromatic rings. The molecule has 0 atom stereocenters. The van der Waals surface area contributed by atoms with E-state index in [1.165, 1.54) is 0 Å². The summed E-state index contributed by atoms with van der Waals surface area (Å²) in [6.45, 7) is 0. The second kappa shape index (κ2) is 6.05. The minimum atomic E-state index is 0.457. The SMILES string of the molecule is ClCCc1nc2cc(Cl)ccc2n1-c1c(Cl)cccc1Cl. The van der Waals surface area contributed by atoms with E-state index in [4.69, 9.17) is 46.4 Å². The molecule has 0 unspecified atom stereocenters. The molecule has 6 heteroatoms. The van der Waals surface area contributed by atoms with Gasteiger partial charge in [-0.1, -0.05) is 40.9 Å². The molecular formula is C15H10Cl4N2. The zero-order valence-corrected chi connectivity index (χ0v) is 13.8. The van der Waals surface area contributed by atoms with Gasteiger partial charge in [-0.05, 0) is 30.3 Å². The molecule has 0 bridgehead atoms. The van der Waals surface area contributed by atoms with Crippen molar-refractivity contribution in [2.75, 3.05) is 5.88 Å². The summed E-state index contributed by atoms with van der Waals surface area (Å²) in [5.74, 6) is 1.26. The smallest absolute Gasteiger partial charge is 0.115 e. The number of hydrogen-bond donors (Lipinski definition) is 0. The molecule has 2 aromatic carbocycles. The standard InChI is InChI=1S/C15H10Cl4N2/c16-7-6-14-20-12-8-9(17)4-5-13(12)21(14)15-10(18)2-1-3-11(15)19/h1-5,8H,6-7H2. The van der Waals surface area contributed by atoms with E-state index in [9.17, 15) is 0 Å². The minimum Gasteiger partial charge on any atom is -0.293 e. The number of imidazole rings is 1. The van der Waals surface area contributed by atoms with Crippen LogP contribution in [0.4, 0.5) is 0 Å². The van der Waals surface area contributed by atoms with E-state index in [0.29, 0.717) is 33.1 Å². The van der Waals surface area contributed by atoms with Crippen molar-refractivity contribution in [2.24, 2.45) is 0 Å². The van der Waals surface area contributed by atoms with Gasteiger partial charge in [0.2, 0.25) is 0 Å². The second-order valence-corrected chi connectivity index (χ2v) is 6.13. The minimum absolute atomic E-state index is 0.457. The molecule has 0 aliphatic carbocycles. The van der Waals surface area contributed by atoms with Crippen molar-refractivity contribution in [2.45, 2.75) is 6.42 Å². The van der Waals surface area contributed by atoms with Gasteiger partial charge in [-0.15, -0.1) is 11.6 Å². The summed E-state index contributed by atoms with van der Waals surface area (Å²) in [5, 5.41) is 1.76. The largest absolute Gasteiger partial charge is 0.293 e. The Morgan fingerprint density at radius 1 is 1.00 bits per heavy atom. The lowest BCUT2D eigenvalue weighted by Gasteiger charge is -2.12. The third-order valence-corrected chi connectivity index (χ3v) is 4.20. The highest BCUT2D eigenvalue weighted by Gasteiger charge is 2.17. The summed E-state index contributed by atoms with van der Waals surface area (Å²) < 4.78 is 1.94. The van der Waals surface area contributed by atoms with Crippen molar-refractivity contribution in [3.8, 4) is 5.69 Å². The predicted molar refractivity (Wildman–Crippen MR) is 90.5 cm³/mol. The van der Waals surface area contributed by atoms with Crippen LogP contribution < -0.4 is 0 Å². The van der Waals surface area contributed by atoms with Gasteiger partial charge in [0, 0.05) is 17.3 Å². The average Bonchev–Trinajstić information content (AvgIpc) is 2.77. The van der Waals surface area contributed by atoms with Crippen LogP contribution in [0.25, 0.3) is 16.7 Å². The van der Waals surface area contributed by atoms with Gasteiger partial charge in [0.25, 0.3) is 0 Å². The quantitative estimate of drug-likeness (QED) is 0.543. The fourth-order valence-corrected chi connectivity index (χ4v) is 3.21. The molecule has 3 rings (SSSR count). The van der Waals surface area contributed by atoms with Gasteiger partial charge in [-0.25, -0.2) is 4.98 Å². The van der Waals surface area contributed by atoms with Crippen LogP contribution in [0.2, 0.25) is 15.1 Å². The summed E-state index contributed by atoms with van der Waals surface area (Å²) in [5.41, 5.74) is 2.40. The average molecular weight is 360 g/mol. The van der Waals surface area contributed by atoms with E-state index < -0.39 is 0 Å². The van der Waals surface area contributed by atoms with Crippen LogP contribution in [0.15, 0.2) is 36.4 Å². The fourth-order valence-electron chi connectivity index (χ4n) is 2.31. The van der Waals surface area contributed by atoms with Gasteiger partial charge < -0.3 is 0 Å². The fraction of sp³-hybridized carbons (Fsp3) is 0.133. The molecule has 2 nitrogen and oxygen atoms in total. The van der Waals surface area contributed by atoms with Gasteiger partial charge in [0.1, 0.15) is 5.82 Å². The molecule has 0 radical (unpaired) electrons. The maximum Gasteiger partial charge on any atom is 0.115 e. The molecule has 0 N–H and O–H groups in total. The third-order valence-electron chi connectivity index (χ3n) is 3.17. The number of fused-ring (bicyclic) bond motifs is 1. The van der Waals surface area contributed by atoms with Gasteiger partial charge in [0.05, 0.1) is 26.8 Å². The number of aryl methyl sites for hydroxylation is 1. The molecule has 0 aliphatic rings. The molecule has 21 heavy (non-hydrogen) atoms. The van der Waals surface area contributed by atoms with Crippen molar-refractivity contribution in [1.29, 1.82) is 0 Å². The first-order chi connectivity index (χ1) is 10.1. The zero-order chi connectivity index (χ0) is 15.0. The Bertz CT molecular complexity index is 791. The van der Waals surface area contributed by atoms with Crippen LogP contribution in [0.1, 0.15) is 5.82 Å². The van der Waals surface area contributed by atoms with Crippen molar-refractivity contribution >= 4 is 57.4 Å². The lowest BCUT2D eigenvalue weighted by atomic mass is 10.2. The molecule has 108 valence electrons. The Labute approximate surface area is 142 Å². The summed E-state index contributed by atoms with van der Waals surface area (Å²) in [6.07, 6.45) is 0.607. The van der Waals surface area contributed by atoms with E-state index in [1.807, 2.05) is 28.8 Å². The Balaban J connectivity index is 2.36. The van der Waals surface area contributed by atoms with Crippen molar-refractivity contribution in [3.63, 3.8) is 0 Å². The van der Waals surface area contributed by atoms with E-state index in [-0.39, 0.29) is 0 Å². The highest BCUT2D eigenvalue weighted by Crippen LogP contribution is 2.33. The molecule has 1 heterocycles. The second-order valence-electron chi connectivity index (χ2n) is 4.51. The third kappa shape index (κ3) is 2.74. The lowest BCUT2D eigenvalue weighted by Crippen LogP contribution is -2.03. The highest BCUT2D eigenvalue weighted by molar-refractivity contribution is 6.38. The number of benzene rings is 2. The Morgan fingerprint density at radius 2 is 1.71 bits per heavy atom. The van der Waals surface area contributed by atoms with E-state index >= 15 is 0 Å². The number of para-hydroxylation sites is 1. The monoisotopic (exact) mass is 358 g/mol. The van der Waals surface area contributed by atoms with Crippen LogP contribution in [0.3, 0.4) is 0 Å². The Morgan fingerprint density at radius 3 is 2.38 bits per heavy atom. The van der Waals surface area contributed by atoms with Gasteiger partial charge in [-0.2, -0.15) is 0 Å². The van der Waals surface area contributed by atoms with Crippen LogP contribution >= 0.6 is 46.4 Å². The van der Waals surface area contributed by atoms with Gasteiger partial charge >= 0.3 is 0 Å².